The number of hydrazine groups is 1. The highest BCUT2D eigenvalue weighted by atomic mass is 16.5. The van der Waals surface area contributed by atoms with Crippen LogP contribution in [0.15, 0.2) is 64.7 Å². The molecule has 0 spiro atoms. The van der Waals surface area contributed by atoms with Crippen molar-refractivity contribution in [1.29, 1.82) is 0 Å². The Kier molecular flexibility index (Phi) is 6.35. The number of hydrogen-bond acceptors (Lipinski definition) is 6. The number of hydrazone groups is 1. The van der Waals surface area contributed by atoms with Crippen LogP contribution in [0.1, 0.15) is 17.5 Å². The van der Waals surface area contributed by atoms with Gasteiger partial charge in [0.1, 0.15) is 17.6 Å². The molecule has 0 bridgehead atoms. The largest absolute Gasteiger partial charge is 0.497 e. The summed E-state index contributed by atoms with van der Waals surface area (Å²) in [6.07, 6.45) is 1.96. The Labute approximate surface area is 162 Å². The fourth-order valence-corrected chi connectivity index (χ4v) is 2.60. The van der Waals surface area contributed by atoms with Gasteiger partial charge in [-0.15, -0.1) is 0 Å². The molecule has 0 aromatic heterocycles. The number of amides is 2. The van der Waals surface area contributed by atoms with Gasteiger partial charge < -0.3 is 4.74 Å². The van der Waals surface area contributed by atoms with Crippen LogP contribution in [-0.2, 0) is 16.0 Å². The molecule has 8 nitrogen and oxygen atoms in total. The maximum Gasteiger partial charge on any atom is 0.263 e. The molecule has 0 aliphatic carbocycles. The number of hydrogen-bond donors (Lipinski definition) is 3. The summed E-state index contributed by atoms with van der Waals surface area (Å²) in [4.78, 5) is 28.4. The first-order valence-electron chi connectivity index (χ1n) is 8.76. The first-order chi connectivity index (χ1) is 13.6. The lowest BCUT2D eigenvalue weighted by Gasteiger charge is -2.21. The number of nitrogens with zero attached hydrogens (tertiary/aromatic N) is 2. The van der Waals surface area contributed by atoms with Gasteiger partial charge in [-0.3, -0.25) is 25.4 Å². The number of methoxy groups -OCH3 is 1. The first-order valence-corrected chi connectivity index (χ1v) is 8.76. The average Bonchev–Trinajstić information content (AvgIpc) is 2.72. The summed E-state index contributed by atoms with van der Waals surface area (Å²) >= 11 is 0. The molecule has 2 amide bonds. The van der Waals surface area contributed by atoms with Crippen LogP contribution in [0.4, 0.5) is 0 Å². The molecule has 1 atom stereocenters. The van der Waals surface area contributed by atoms with Crippen molar-refractivity contribution in [1.82, 2.24) is 16.3 Å². The molecule has 0 saturated carbocycles. The van der Waals surface area contributed by atoms with E-state index >= 15 is 0 Å². The minimum atomic E-state index is -0.795. The highest BCUT2D eigenvalue weighted by Crippen LogP contribution is 2.10. The first kappa shape index (κ1) is 19.1. The molecule has 2 aromatic carbocycles. The van der Waals surface area contributed by atoms with Crippen LogP contribution in [-0.4, -0.2) is 37.0 Å². The number of amidine groups is 1. The van der Waals surface area contributed by atoms with Crippen molar-refractivity contribution in [2.24, 2.45) is 10.1 Å². The zero-order valence-corrected chi connectivity index (χ0v) is 15.4. The van der Waals surface area contributed by atoms with Crippen LogP contribution >= 0.6 is 0 Å². The Morgan fingerprint density at radius 3 is 2.64 bits per heavy atom. The minimum Gasteiger partial charge on any atom is -0.497 e. The summed E-state index contributed by atoms with van der Waals surface area (Å²) in [6.45, 7) is 0. The zero-order chi connectivity index (χ0) is 19.8. The molecule has 2 aromatic rings. The third-order valence-electron chi connectivity index (χ3n) is 4.06. The Balaban J connectivity index is 1.54. The van der Waals surface area contributed by atoms with E-state index in [0.717, 1.165) is 16.9 Å². The molecule has 0 radical (unpaired) electrons. The predicted molar refractivity (Wildman–Crippen MR) is 106 cm³/mol. The van der Waals surface area contributed by atoms with Crippen molar-refractivity contribution < 1.29 is 14.3 Å². The van der Waals surface area contributed by atoms with E-state index in [9.17, 15) is 9.59 Å². The van der Waals surface area contributed by atoms with Gasteiger partial charge in [0.25, 0.3) is 5.91 Å². The van der Waals surface area contributed by atoms with Crippen LogP contribution in [0, 0.1) is 0 Å². The van der Waals surface area contributed by atoms with Gasteiger partial charge in [-0.1, -0.05) is 30.3 Å². The zero-order valence-electron chi connectivity index (χ0n) is 15.4. The van der Waals surface area contributed by atoms with Crippen molar-refractivity contribution in [3.05, 3.63) is 65.7 Å². The number of aliphatic imine (C=N–C) groups is 1. The Morgan fingerprint density at radius 2 is 1.93 bits per heavy atom. The number of carbonyl (C=O) groups excluding carboxylic acids is 2. The molecule has 0 saturated heterocycles. The molecular formula is C20H21N5O3. The highest BCUT2D eigenvalue weighted by molar-refractivity contribution is 5.96. The maximum atomic E-state index is 12.1. The van der Waals surface area contributed by atoms with E-state index in [1.165, 1.54) is 6.21 Å². The van der Waals surface area contributed by atoms with Gasteiger partial charge in [-0.2, -0.15) is 5.10 Å². The second kappa shape index (κ2) is 9.31. The molecule has 1 unspecified atom stereocenters. The molecule has 144 valence electrons. The summed E-state index contributed by atoms with van der Waals surface area (Å²) in [6, 6.07) is 16.2. The molecule has 1 aliphatic heterocycles. The summed E-state index contributed by atoms with van der Waals surface area (Å²) < 4.78 is 5.08. The van der Waals surface area contributed by atoms with E-state index in [2.05, 4.69) is 26.4 Å². The molecule has 8 heteroatoms. The normalized spacial score (nSPS) is 16.1. The maximum absolute atomic E-state index is 12.1. The van der Waals surface area contributed by atoms with Gasteiger partial charge in [0.2, 0.25) is 5.91 Å². The number of nitrogens with one attached hydrogen (secondary N) is 3. The van der Waals surface area contributed by atoms with Gasteiger partial charge in [0, 0.05) is 6.42 Å². The summed E-state index contributed by atoms with van der Waals surface area (Å²) in [7, 11) is 1.59. The third-order valence-corrected chi connectivity index (χ3v) is 4.06. The lowest BCUT2D eigenvalue weighted by Crippen LogP contribution is -2.52. The molecule has 0 fully saturated rings. The average molecular weight is 379 g/mol. The molecule has 3 N–H and O–H groups in total. The number of benzene rings is 2. The quantitative estimate of drug-likeness (QED) is 0.496. The SMILES string of the molecule is COc1ccc(C=NNC(=O)CC2N=C(Cc3ccccc3)NNC2=O)cc1. The van der Waals surface area contributed by atoms with E-state index < -0.39 is 11.9 Å². The third kappa shape index (κ3) is 5.41. The van der Waals surface area contributed by atoms with Crippen molar-refractivity contribution in [2.45, 2.75) is 18.9 Å². The van der Waals surface area contributed by atoms with E-state index in [1.54, 1.807) is 19.2 Å². The van der Waals surface area contributed by atoms with Crippen molar-refractivity contribution in [3.63, 3.8) is 0 Å². The van der Waals surface area contributed by atoms with E-state index in [0.29, 0.717) is 12.3 Å². The van der Waals surface area contributed by atoms with Gasteiger partial charge in [-0.05, 0) is 35.4 Å². The predicted octanol–water partition coefficient (Wildman–Crippen LogP) is 1.18. The van der Waals surface area contributed by atoms with Crippen LogP contribution in [0.2, 0.25) is 0 Å². The topological polar surface area (TPSA) is 104 Å². The van der Waals surface area contributed by atoms with E-state index in [1.807, 2.05) is 42.5 Å². The standard InChI is InChI=1S/C20H21N5O3/c1-28-16-9-7-15(8-10-16)13-21-24-19(26)12-17-20(27)25-23-18(22-17)11-14-5-3-2-4-6-14/h2-10,13,17H,11-12H2,1H3,(H,22,23)(H,24,26)(H,25,27). The van der Waals surface area contributed by atoms with Crippen molar-refractivity contribution in [3.8, 4) is 5.75 Å². The fourth-order valence-electron chi connectivity index (χ4n) is 2.60. The van der Waals surface area contributed by atoms with Crippen LogP contribution in [0.3, 0.4) is 0 Å². The molecule has 3 rings (SSSR count). The van der Waals surface area contributed by atoms with E-state index in [-0.39, 0.29) is 12.3 Å². The summed E-state index contributed by atoms with van der Waals surface area (Å²) in [5.41, 5.74) is 9.61. The van der Waals surface area contributed by atoms with Crippen LogP contribution < -0.4 is 21.0 Å². The van der Waals surface area contributed by atoms with Crippen LogP contribution in [0.25, 0.3) is 0 Å². The van der Waals surface area contributed by atoms with Gasteiger partial charge in [0.05, 0.1) is 19.7 Å². The van der Waals surface area contributed by atoms with Crippen molar-refractivity contribution in [2.75, 3.05) is 7.11 Å². The van der Waals surface area contributed by atoms with E-state index in [4.69, 9.17) is 4.74 Å². The molecular weight excluding hydrogens is 358 g/mol. The Bertz CT molecular complexity index is 878. The smallest absolute Gasteiger partial charge is 0.263 e. The molecule has 28 heavy (non-hydrogen) atoms. The lowest BCUT2D eigenvalue weighted by molar-refractivity contribution is -0.128. The minimum absolute atomic E-state index is 0.0915. The van der Waals surface area contributed by atoms with Crippen LogP contribution in [0.5, 0.6) is 5.75 Å². The highest BCUT2D eigenvalue weighted by Gasteiger charge is 2.25. The van der Waals surface area contributed by atoms with Gasteiger partial charge >= 0.3 is 0 Å². The second-order valence-electron chi connectivity index (χ2n) is 6.14. The number of carbonyl (C=O) groups is 2. The lowest BCUT2D eigenvalue weighted by atomic mass is 10.1. The monoisotopic (exact) mass is 379 g/mol. The van der Waals surface area contributed by atoms with Gasteiger partial charge in [-0.25, -0.2) is 5.43 Å². The fraction of sp³-hybridized carbons (Fsp3) is 0.200. The Morgan fingerprint density at radius 1 is 1.18 bits per heavy atom. The number of ether oxygens (including phenoxy) is 1. The second-order valence-corrected chi connectivity index (χ2v) is 6.14. The molecule has 1 aliphatic rings. The summed E-state index contributed by atoms with van der Waals surface area (Å²) in [5, 5.41) is 3.91. The summed E-state index contributed by atoms with van der Waals surface area (Å²) in [5.74, 6) is 0.591. The van der Waals surface area contributed by atoms with Gasteiger partial charge in [0.15, 0.2) is 0 Å². The van der Waals surface area contributed by atoms with Crippen molar-refractivity contribution >= 4 is 23.9 Å². The Hall–Kier alpha value is -3.68. The number of rotatable bonds is 7. The molecule has 1 heterocycles.